The minimum atomic E-state index is 0.970. The summed E-state index contributed by atoms with van der Waals surface area (Å²) in [5, 5.41) is 2.64. The van der Waals surface area contributed by atoms with E-state index in [0.717, 1.165) is 6.42 Å². The number of fused-ring (bicyclic) bond motifs is 1. The van der Waals surface area contributed by atoms with E-state index in [1.807, 2.05) is 0 Å². The molecule has 0 spiro atoms. The van der Waals surface area contributed by atoms with Crippen molar-refractivity contribution in [2.45, 2.75) is 20.3 Å². The monoisotopic (exact) mass is 322 g/mol. The fraction of sp³-hybridized carbons (Fsp3) is 0.120. The zero-order valence-corrected chi connectivity index (χ0v) is 14.8. The van der Waals surface area contributed by atoms with E-state index < -0.39 is 0 Å². The zero-order valence-electron chi connectivity index (χ0n) is 14.8. The third-order valence-electron chi connectivity index (χ3n) is 4.81. The van der Waals surface area contributed by atoms with Gasteiger partial charge in [-0.1, -0.05) is 96.1 Å². The molecule has 0 radical (unpaired) electrons. The molecule has 0 nitrogen and oxygen atoms in total. The van der Waals surface area contributed by atoms with Gasteiger partial charge in [0.15, 0.2) is 0 Å². The first-order chi connectivity index (χ1) is 12.2. The maximum Gasteiger partial charge on any atom is -0.00255 e. The van der Waals surface area contributed by atoms with E-state index in [0.29, 0.717) is 0 Å². The van der Waals surface area contributed by atoms with E-state index in [-0.39, 0.29) is 0 Å². The molecule has 0 saturated heterocycles. The van der Waals surface area contributed by atoms with Crippen LogP contribution in [-0.2, 0) is 6.42 Å². The van der Waals surface area contributed by atoms with Crippen molar-refractivity contribution < 1.29 is 0 Å². The third-order valence-corrected chi connectivity index (χ3v) is 4.81. The van der Waals surface area contributed by atoms with Gasteiger partial charge in [-0.2, -0.15) is 0 Å². The van der Waals surface area contributed by atoms with Crippen LogP contribution in [0.2, 0.25) is 0 Å². The lowest BCUT2D eigenvalue weighted by molar-refractivity contribution is 1.20. The van der Waals surface area contributed by atoms with Gasteiger partial charge >= 0.3 is 0 Å². The molecular formula is C25H22. The molecule has 0 fully saturated rings. The van der Waals surface area contributed by atoms with Crippen LogP contribution in [-0.4, -0.2) is 0 Å². The van der Waals surface area contributed by atoms with Crippen LogP contribution in [0.3, 0.4) is 0 Å². The van der Waals surface area contributed by atoms with Crippen molar-refractivity contribution in [3.63, 3.8) is 0 Å². The van der Waals surface area contributed by atoms with Crippen molar-refractivity contribution in [2.24, 2.45) is 0 Å². The molecule has 0 aliphatic carbocycles. The van der Waals surface area contributed by atoms with Crippen LogP contribution in [0, 0.1) is 13.8 Å². The summed E-state index contributed by atoms with van der Waals surface area (Å²) in [6, 6.07) is 31.1. The lowest BCUT2D eigenvalue weighted by Gasteiger charge is -2.07. The Morgan fingerprint density at radius 3 is 1.72 bits per heavy atom. The maximum atomic E-state index is 2.31. The number of benzene rings is 4. The van der Waals surface area contributed by atoms with Gasteiger partial charge < -0.3 is 0 Å². The van der Waals surface area contributed by atoms with Gasteiger partial charge in [-0.25, -0.2) is 0 Å². The fourth-order valence-corrected chi connectivity index (χ4v) is 3.32. The molecule has 0 N–H and O–H groups in total. The molecule has 0 amide bonds. The van der Waals surface area contributed by atoms with Gasteiger partial charge in [0, 0.05) is 0 Å². The largest absolute Gasteiger partial charge is 0.0587 e. The van der Waals surface area contributed by atoms with Gasteiger partial charge in [0.1, 0.15) is 0 Å². The molecule has 0 bridgehead atoms. The van der Waals surface area contributed by atoms with Crippen LogP contribution in [0.15, 0.2) is 84.9 Å². The van der Waals surface area contributed by atoms with E-state index in [2.05, 4.69) is 98.8 Å². The van der Waals surface area contributed by atoms with Crippen LogP contribution in [0.25, 0.3) is 21.9 Å². The van der Waals surface area contributed by atoms with Crippen molar-refractivity contribution in [1.82, 2.24) is 0 Å². The average Bonchev–Trinajstić information content (AvgIpc) is 2.63. The molecule has 0 heteroatoms. The Morgan fingerprint density at radius 1 is 0.480 bits per heavy atom. The van der Waals surface area contributed by atoms with Crippen molar-refractivity contribution in [2.75, 3.05) is 0 Å². The Kier molecular flexibility index (Phi) is 4.11. The van der Waals surface area contributed by atoms with Crippen molar-refractivity contribution >= 4 is 10.8 Å². The Hall–Kier alpha value is -2.86. The Morgan fingerprint density at radius 2 is 1.00 bits per heavy atom. The lowest BCUT2D eigenvalue weighted by Crippen LogP contribution is -1.89. The molecule has 0 aliphatic rings. The van der Waals surface area contributed by atoms with E-state index >= 15 is 0 Å². The van der Waals surface area contributed by atoms with Crippen LogP contribution < -0.4 is 0 Å². The molecule has 4 aromatic rings. The summed E-state index contributed by atoms with van der Waals surface area (Å²) >= 11 is 0. The summed E-state index contributed by atoms with van der Waals surface area (Å²) in [6.07, 6.45) is 0.970. The van der Waals surface area contributed by atoms with Gasteiger partial charge in [0.2, 0.25) is 0 Å². The number of hydrogen-bond acceptors (Lipinski definition) is 0. The molecular weight excluding hydrogens is 300 g/mol. The molecule has 0 atom stereocenters. The smallest absolute Gasteiger partial charge is 0.00255 e. The number of rotatable bonds is 3. The summed E-state index contributed by atoms with van der Waals surface area (Å²) in [5.41, 5.74) is 7.87. The van der Waals surface area contributed by atoms with Gasteiger partial charge in [-0.3, -0.25) is 0 Å². The molecule has 25 heavy (non-hydrogen) atoms. The van der Waals surface area contributed by atoms with E-state index in [1.165, 1.54) is 44.2 Å². The predicted molar refractivity (Wildman–Crippen MR) is 108 cm³/mol. The summed E-state index contributed by atoms with van der Waals surface area (Å²) < 4.78 is 0. The molecule has 4 rings (SSSR count). The summed E-state index contributed by atoms with van der Waals surface area (Å²) in [7, 11) is 0. The van der Waals surface area contributed by atoms with Crippen molar-refractivity contribution in [3.8, 4) is 11.1 Å². The minimum Gasteiger partial charge on any atom is -0.0587 e. The van der Waals surface area contributed by atoms with Crippen LogP contribution in [0.5, 0.6) is 0 Å². The highest BCUT2D eigenvalue weighted by molar-refractivity contribution is 5.83. The number of aryl methyl sites for hydroxylation is 2. The molecule has 0 heterocycles. The zero-order chi connectivity index (χ0) is 17.2. The Bertz CT molecular complexity index is 1010. The second kappa shape index (κ2) is 6.57. The Labute approximate surface area is 149 Å². The third kappa shape index (κ3) is 3.49. The highest BCUT2D eigenvalue weighted by Gasteiger charge is 2.01. The second-order valence-electron chi connectivity index (χ2n) is 6.92. The lowest BCUT2D eigenvalue weighted by atomic mass is 9.98. The molecule has 4 aromatic carbocycles. The van der Waals surface area contributed by atoms with Crippen molar-refractivity contribution in [1.29, 1.82) is 0 Å². The van der Waals surface area contributed by atoms with Crippen LogP contribution >= 0.6 is 0 Å². The Balaban J connectivity index is 1.56. The second-order valence-corrected chi connectivity index (χ2v) is 6.92. The molecule has 122 valence electrons. The summed E-state index contributed by atoms with van der Waals surface area (Å²) in [4.78, 5) is 0. The first kappa shape index (κ1) is 15.7. The quantitative estimate of drug-likeness (QED) is 0.393. The molecule has 0 unspecified atom stereocenters. The molecule has 0 aliphatic heterocycles. The highest BCUT2D eigenvalue weighted by atomic mass is 14.1. The topological polar surface area (TPSA) is 0 Å². The fourth-order valence-electron chi connectivity index (χ4n) is 3.32. The minimum absolute atomic E-state index is 0.970. The first-order valence-electron chi connectivity index (χ1n) is 8.83. The summed E-state index contributed by atoms with van der Waals surface area (Å²) in [6.45, 7) is 4.26. The standard InChI is InChI=1S/C25H22/c1-18-3-9-22(10-4-18)23-12-6-20(7-13-23)16-21-8-14-24-15-19(2)5-11-25(24)17-21/h3-15,17H,16H2,1-2H3. The first-order valence-corrected chi connectivity index (χ1v) is 8.83. The van der Waals surface area contributed by atoms with Gasteiger partial charge in [-0.05, 0) is 53.3 Å². The maximum absolute atomic E-state index is 2.31. The summed E-state index contributed by atoms with van der Waals surface area (Å²) in [5.74, 6) is 0. The van der Waals surface area contributed by atoms with Crippen LogP contribution in [0.1, 0.15) is 22.3 Å². The number of hydrogen-bond donors (Lipinski definition) is 0. The predicted octanol–water partition coefficient (Wildman–Crippen LogP) is 6.71. The van der Waals surface area contributed by atoms with Crippen LogP contribution in [0.4, 0.5) is 0 Å². The highest BCUT2D eigenvalue weighted by Crippen LogP contribution is 2.23. The van der Waals surface area contributed by atoms with Gasteiger partial charge in [0.05, 0.1) is 0 Å². The average molecular weight is 322 g/mol. The van der Waals surface area contributed by atoms with Gasteiger partial charge in [0.25, 0.3) is 0 Å². The van der Waals surface area contributed by atoms with E-state index in [4.69, 9.17) is 0 Å². The van der Waals surface area contributed by atoms with E-state index in [9.17, 15) is 0 Å². The normalized spacial score (nSPS) is 11.0. The SMILES string of the molecule is Cc1ccc(-c2ccc(Cc3ccc4cc(C)ccc4c3)cc2)cc1. The molecule has 0 saturated carbocycles. The van der Waals surface area contributed by atoms with Gasteiger partial charge in [-0.15, -0.1) is 0 Å². The van der Waals surface area contributed by atoms with Crippen molar-refractivity contribution in [3.05, 3.63) is 107 Å². The van der Waals surface area contributed by atoms with E-state index in [1.54, 1.807) is 0 Å². The molecule has 0 aromatic heterocycles.